The maximum Gasteiger partial charge on any atom is 0.262 e. The number of nitrogens with zero attached hydrogens (tertiary/aromatic N) is 1. The van der Waals surface area contributed by atoms with Crippen LogP contribution in [0.3, 0.4) is 0 Å². The Morgan fingerprint density at radius 2 is 1.72 bits per heavy atom. The lowest BCUT2D eigenvalue weighted by molar-refractivity contribution is -0.140. The summed E-state index contributed by atoms with van der Waals surface area (Å²) < 4.78 is 0. The highest BCUT2D eigenvalue weighted by Gasteiger charge is 2.52. The summed E-state index contributed by atoms with van der Waals surface area (Å²) >= 11 is 1.61. The number of ketones is 1. The van der Waals surface area contributed by atoms with E-state index in [1.165, 1.54) is 6.92 Å². The summed E-state index contributed by atoms with van der Waals surface area (Å²) in [4.78, 5) is 64.6. The average Bonchev–Trinajstić information content (AvgIpc) is 3.05. The quantitative estimate of drug-likeness (QED) is 0.413. The third-order valence-corrected chi connectivity index (χ3v) is 6.82. The van der Waals surface area contributed by atoms with Crippen LogP contribution in [-0.2, 0) is 16.0 Å². The summed E-state index contributed by atoms with van der Waals surface area (Å²) in [6.07, 6.45) is 2.80. The molecule has 7 nitrogen and oxygen atoms in total. The monoisotopic (exact) mass is 450 g/mol. The van der Waals surface area contributed by atoms with Gasteiger partial charge in [0.2, 0.25) is 5.91 Å². The van der Waals surface area contributed by atoms with Crippen LogP contribution in [0, 0.1) is 0 Å². The van der Waals surface area contributed by atoms with Gasteiger partial charge in [-0.05, 0) is 55.9 Å². The predicted octanol–water partition coefficient (Wildman–Crippen LogP) is 3.02. The van der Waals surface area contributed by atoms with Crippen molar-refractivity contribution < 1.29 is 24.0 Å². The van der Waals surface area contributed by atoms with Crippen molar-refractivity contribution in [1.29, 1.82) is 0 Å². The Kier molecular flexibility index (Phi) is 5.73. The zero-order valence-electron chi connectivity index (χ0n) is 17.8. The smallest absolute Gasteiger partial charge is 0.262 e. The Morgan fingerprint density at radius 3 is 2.38 bits per heavy atom. The number of rotatable bonds is 6. The number of aryl methyl sites for hydroxylation is 1. The summed E-state index contributed by atoms with van der Waals surface area (Å²) in [6.45, 7) is 1.50. The van der Waals surface area contributed by atoms with E-state index in [1.54, 1.807) is 42.1 Å². The Bertz CT molecular complexity index is 1160. The molecule has 1 saturated heterocycles. The van der Waals surface area contributed by atoms with Crippen LogP contribution in [0.15, 0.2) is 47.4 Å². The summed E-state index contributed by atoms with van der Waals surface area (Å²) in [5.41, 5.74) is 0.417. The van der Waals surface area contributed by atoms with E-state index in [0.717, 1.165) is 15.4 Å². The lowest BCUT2D eigenvalue weighted by atomic mass is 9.89. The number of amides is 4. The number of piperidine rings is 1. The van der Waals surface area contributed by atoms with E-state index in [2.05, 4.69) is 5.32 Å². The van der Waals surface area contributed by atoms with Crippen molar-refractivity contribution >= 4 is 41.2 Å². The van der Waals surface area contributed by atoms with Gasteiger partial charge in [-0.1, -0.05) is 18.2 Å². The first-order chi connectivity index (χ1) is 15.2. The number of imide groups is 2. The van der Waals surface area contributed by atoms with Gasteiger partial charge in [0, 0.05) is 23.3 Å². The van der Waals surface area contributed by atoms with Crippen LogP contribution in [0.2, 0.25) is 0 Å². The first-order valence-corrected chi connectivity index (χ1v) is 11.5. The van der Waals surface area contributed by atoms with Crippen LogP contribution >= 0.6 is 11.8 Å². The van der Waals surface area contributed by atoms with Crippen LogP contribution in [0.4, 0.5) is 0 Å². The number of fused-ring (bicyclic) bond motifs is 1. The number of hydrogen-bond donors (Lipinski definition) is 1. The van der Waals surface area contributed by atoms with Gasteiger partial charge in [0.25, 0.3) is 17.7 Å². The minimum Gasteiger partial charge on any atom is -0.294 e. The summed E-state index contributed by atoms with van der Waals surface area (Å²) in [6, 6.07) is 12.3. The number of Topliss-reactive ketones (excluding diaryl/α,β-unsaturated/α-hetero) is 1. The van der Waals surface area contributed by atoms with E-state index in [9.17, 15) is 24.0 Å². The SMILES string of the molecule is CSc1ccc(C(=O)CCc2ccc3c(c2)C(=O)N([C@@]2(C)CCC(=O)NC2=O)C3=O)cc1. The maximum atomic E-state index is 13.1. The second kappa shape index (κ2) is 8.35. The van der Waals surface area contributed by atoms with Crippen molar-refractivity contribution in [3.05, 3.63) is 64.7 Å². The van der Waals surface area contributed by atoms with E-state index < -0.39 is 29.2 Å². The molecule has 0 bridgehead atoms. The van der Waals surface area contributed by atoms with Crippen LogP contribution in [0.25, 0.3) is 0 Å². The highest BCUT2D eigenvalue weighted by Crippen LogP contribution is 2.34. The van der Waals surface area contributed by atoms with E-state index in [0.29, 0.717) is 12.0 Å². The maximum absolute atomic E-state index is 13.1. The topological polar surface area (TPSA) is 101 Å². The summed E-state index contributed by atoms with van der Waals surface area (Å²) in [7, 11) is 0. The van der Waals surface area contributed by atoms with Crippen molar-refractivity contribution in [2.24, 2.45) is 0 Å². The minimum absolute atomic E-state index is 0.00163. The van der Waals surface area contributed by atoms with Gasteiger partial charge in [0.15, 0.2) is 5.78 Å². The molecule has 2 aromatic rings. The van der Waals surface area contributed by atoms with Gasteiger partial charge in [-0.3, -0.25) is 34.2 Å². The largest absolute Gasteiger partial charge is 0.294 e. The number of nitrogens with one attached hydrogen (secondary N) is 1. The first kappa shape index (κ1) is 22.0. The molecule has 4 amide bonds. The second-order valence-electron chi connectivity index (χ2n) is 8.13. The summed E-state index contributed by atoms with van der Waals surface area (Å²) in [5, 5.41) is 2.22. The molecule has 8 heteroatoms. The van der Waals surface area contributed by atoms with Crippen molar-refractivity contribution in [2.45, 2.75) is 43.0 Å². The van der Waals surface area contributed by atoms with Crippen LogP contribution in [0.1, 0.15) is 62.8 Å². The minimum atomic E-state index is -1.42. The Labute approximate surface area is 189 Å². The van der Waals surface area contributed by atoms with E-state index >= 15 is 0 Å². The zero-order chi connectivity index (χ0) is 23.0. The molecule has 1 N–H and O–H groups in total. The average molecular weight is 451 g/mol. The number of carbonyl (C=O) groups excluding carboxylic acids is 5. The molecule has 1 atom stereocenters. The number of benzene rings is 2. The van der Waals surface area contributed by atoms with Crippen molar-refractivity contribution in [1.82, 2.24) is 10.2 Å². The molecule has 0 spiro atoms. The molecule has 0 aromatic heterocycles. The molecular weight excluding hydrogens is 428 g/mol. The van der Waals surface area contributed by atoms with Crippen LogP contribution in [-0.4, -0.2) is 46.1 Å². The molecule has 0 aliphatic carbocycles. The van der Waals surface area contributed by atoms with Gasteiger partial charge >= 0.3 is 0 Å². The van der Waals surface area contributed by atoms with Gasteiger partial charge in [-0.15, -0.1) is 11.8 Å². The van der Waals surface area contributed by atoms with Gasteiger partial charge in [0.1, 0.15) is 5.54 Å². The fourth-order valence-corrected chi connectivity index (χ4v) is 4.49. The Hall–Kier alpha value is -3.26. The number of hydrogen-bond acceptors (Lipinski definition) is 6. The molecule has 0 unspecified atom stereocenters. The van der Waals surface area contributed by atoms with Gasteiger partial charge in [-0.2, -0.15) is 0 Å². The van der Waals surface area contributed by atoms with Crippen molar-refractivity contribution in [3.8, 4) is 0 Å². The molecule has 2 heterocycles. The fourth-order valence-electron chi connectivity index (χ4n) is 4.08. The molecule has 2 aromatic carbocycles. The lowest BCUT2D eigenvalue weighted by Gasteiger charge is -2.38. The predicted molar refractivity (Wildman–Crippen MR) is 119 cm³/mol. The molecule has 4 rings (SSSR count). The molecular formula is C24H22N2O5S. The number of carbonyl (C=O) groups is 5. The molecule has 164 valence electrons. The third kappa shape index (κ3) is 3.75. The van der Waals surface area contributed by atoms with E-state index in [1.807, 2.05) is 18.4 Å². The lowest BCUT2D eigenvalue weighted by Crippen LogP contribution is -2.62. The first-order valence-electron chi connectivity index (χ1n) is 10.3. The van der Waals surface area contributed by atoms with Crippen molar-refractivity contribution in [3.63, 3.8) is 0 Å². The van der Waals surface area contributed by atoms with E-state index in [4.69, 9.17) is 0 Å². The molecule has 0 radical (unpaired) electrons. The molecule has 0 saturated carbocycles. The molecule has 2 aliphatic heterocycles. The Morgan fingerprint density at radius 1 is 1.03 bits per heavy atom. The normalized spacial score (nSPS) is 20.4. The second-order valence-corrected chi connectivity index (χ2v) is 9.01. The Balaban J connectivity index is 1.51. The number of thioether (sulfide) groups is 1. The molecule has 32 heavy (non-hydrogen) atoms. The molecule has 1 fully saturated rings. The van der Waals surface area contributed by atoms with Gasteiger partial charge < -0.3 is 0 Å². The van der Waals surface area contributed by atoms with Gasteiger partial charge in [-0.25, -0.2) is 0 Å². The van der Waals surface area contributed by atoms with Crippen LogP contribution in [0.5, 0.6) is 0 Å². The van der Waals surface area contributed by atoms with E-state index in [-0.39, 0.29) is 36.2 Å². The highest BCUT2D eigenvalue weighted by molar-refractivity contribution is 7.98. The fraction of sp³-hybridized carbons (Fsp3) is 0.292. The molecule has 2 aliphatic rings. The van der Waals surface area contributed by atoms with Crippen molar-refractivity contribution in [2.75, 3.05) is 6.26 Å². The van der Waals surface area contributed by atoms with Gasteiger partial charge in [0.05, 0.1) is 11.1 Å². The third-order valence-electron chi connectivity index (χ3n) is 6.08. The zero-order valence-corrected chi connectivity index (χ0v) is 18.6. The highest BCUT2D eigenvalue weighted by atomic mass is 32.2. The summed E-state index contributed by atoms with van der Waals surface area (Å²) in [5.74, 6) is -2.18. The van der Waals surface area contributed by atoms with Crippen LogP contribution < -0.4 is 5.32 Å². The standard InChI is InChI=1S/C24H22N2O5S/c1-24(12-11-20(28)25-23(24)31)26-21(29)17-9-3-14(13-18(17)22(26)30)4-10-19(27)15-5-7-16(32-2)8-6-15/h3,5-9,13H,4,10-12H2,1-2H3,(H,25,28,31)/t24-/m0/s1.